The van der Waals surface area contributed by atoms with Crippen molar-refractivity contribution in [2.75, 3.05) is 9.80 Å². The first-order chi connectivity index (χ1) is 11.3. The van der Waals surface area contributed by atoms with Crippen LogP contribution in [-0.2, 0) is 0 Å². The molecular formula is C22H30N2. The smallest absolute Gasteiger partial charge is 0.107 e. The van der Waals surface area contributed by atoms with E-state index >= 15 is 0 Å². The lowest BCUT2D eigenvalue weighted by Crippen LogP contribution is -2.50. The predicted molar refractivity (Wildman–Crippen MR) is 105 cm³/mol. The SMILES string of the molecule is Cc1ccccc1N1C(C(C)(C)C)N(c2ccccc2)C(C)[C@@H]1C. The Balaban J connectivity index is 2.14. The molecule has 2 heteroatoms. The first-order valence-corrected chi connectivity index (χ1v) is 8.99. The summed E-state index contributed by atoms with van der Waals surface area (Å²) >= 11 is 0. The largest absolute Gasteiger partial charge is 0.346 e. The van der Waals surface area contributed by atoms with Crippen molar-refractivity contribution in [3.05, 3.63) is 60.2 Å². The van der Waals surface area contributed by atoms with Gasteiger partial charge in [0.1, 0.15) is 6.17 Å². The van der Waals surface area contributed by atoms with Crippen LogP contribution < -0.4 is 9.80 Å². The Labute approximate surface area is 147 Å². The molecule has 0 amide bonds. The van der Waals surface area contributed by atoms with Crippen molar-refractivity contribution in [1.29, 1.82) is 0 Å². The molecule has 0 aromatic heterocycles. The van der Waals surface area contributed by atoms with Gasteiger partial charge in [0.05, 0.1) is 0 Å². The Hall–Kier alpha value is -1.96. The van der Waals surface area contributed by atoms with Gasteiger partial charge in [-0.25, -0.2) is 0 Å². The van der Waals surface area contributed by atoms with E-state index in [4.69, 9.17) is 0 Å². The Kier molecular flexibility index (Phi) is 4.33. The van der Waals surface area contributed by atoms with Crippen LogP contribution in [0.5, 0.6) is 0 Å². The summed E-state index contributed by atoms with van der Waals surface area (Å²) in [6.45, 7) is 14.0. The molecule has 2 unspecified atom stereocenters. The van der Waals surface area contributed by atoms with Gasteiger partial charge in [-0.2, -0.15) is 0 Å². The highest BCUT2D eigenvalue weighted by molar-refractivity contribution is 5.62. The molecule has 0 N–H and O–H groups in total. The zero-order valence-corrected chi connectivity index (χ0v) is 15.8. The maximum absolute atomic E-state index is 2.63. The third kappa shape index (κ3) is 2.79. The zero-order chi connectivity index (χ0) is 17.5. The Morgan fingerprint density at radius 1 is 0.750 bits per heavy atom. The zero-order valence-electron chi connectivity index (χ0n) is 15.8. The van der Waals surface area contributed by atoms with Crippen LogP contribution in [-0.4, -0.2) is 18.2 Å². The van der Waals surface area contributed by atoms with Crippen molar-refractivity contribution in [2.24, 2.45) is 5.41 Å². The molecule has 2 aromatic rings. The Morgan fingerprint density at radius 3 is 1.88 bits per heavy atom. The first kappa shape index (κ1) is 16.9. The van der Waals surface area contributed by atoms with Gasteiger partial charge >= 0.3 is 0 Å². The average molecular weight is 322 g/mol. The number of para-hydroxylation sites is 2. The number of benzene rings is 2. The maximum atomic E-state index is 2.63. The van der Waals surface area contributed by atoms with E-state index < -0.39 is 0 Å². The van der Waals surface area contributed by atoms with Gasteiger partial charge < -0.3 is 9.80 Å². The van der Waals surface area contributed by atoms with Crippen LogP contribution in [0.2, 0.25) is 0 Å². The van der Waals surface area contributed by atoms with Gasteiger partial charge in [0.25, 0.3) is 0 Å². The summed E-state index contributed by atoms with van der Waals surface area (Å²) in [6.07, 6.45) is 0.325. The number of rotatable bonds is 2. The highest BCUT2D eigenvalue weighted by atomic mass is 15.5. The van der Waals surface area contributed by atoms with Crippen molar-refractivity contribution in [1.82, 2.24) is 0 Å². The van der Waals surface area contributed by atoms with Crippen LogP contribution >= 0.6 is 0 Å². The van der Waals surface area contributed by atoms with Crippen molar-refractivity contribution < 1.29 is 0 Å². The molecule has 128 valence electrons. The van der Waals surface area contributed by atoms with Gasteiger partial charge in [-0.1, -0.05) is 57.2 Å². The number of anilines is 2. The number of hydrogen-bond acceptors (Lipinski definition) is 2. The van der Waals surface area contributed by atoms with E-state index in [1.54, 1.807) is 0 Å². The normalized spacial score (nSPS) is 24.5. The monoisotopic (exact) mass is 322 g/mol. The molecule has 3 rings (SSSR count). The molecule has 2 aromatic carbocycles. The van der Waals surface area contributed by atoms with Gasteiger partial charge in [-0.05, 0) is 44.5 Å². The molecule has 0 spiro atoms. The highest BCUT2D eigenvalue weighted by Gasteiger charge is 2.48. The first-order valence-electron chi connectivity index (χ1n) is 8.99. The fourth-order valence-electron chi connectivity index (χ4n) is 4.06. The van der Waals surface area contributed by atoms with Crippen LogP contribution in [0.25, 0.3) is 0 Å². The fraction of sp³-hybridized carbons (Fsp3) is 0.455. The fourth-order valence-corrected chi connectivity index (χ4v) is 4.06. The molecule has 0 saturated carbocycles. The average Bonchev–Trinajstić information content (AvgIpc) is 2.81. The molecule has 1 aliphatic rings. The molecule has 0 bridgehead atoms. The Bertz CT molecular complexity index is 687. The molecule has 1 saturated heterocycles. The molecule has 1 aliphatic heterocycles. The lowest BCUT2D eigenvalue weighted by Gasteiger charge is -2.43. The summed E-state index contributed by atoms with van der Waals surface area (Å²) in [4.78, 5) is 5.24. The molecular weight excluding hydrogens is 292 g/mol. The minimum atomic E-state index is 0.136. The molecule has 1 heterocycles. The summed E-state index contributed by atoms with van der Waals surface area (Å²) in [5.41, 5.74) is 4.15. The van der Waals surface area contributed by atoms with E-state index in [2.05, 4.69) is 106 Å². The quantitative estimate of drug-likeness (QED) is 0.723. The number of nitrogens with zero attached hydrogens (tertiary/aromatic N) is 2. The number of hydrogen-bond donors (Lipinski definition) is 0. The maximum Gasteiger partial charge on any atom is 0.107 e. The predicted octanol–water partition coefficient (Wildman–Crippen LogP) is 5.47. The molecule has 0 radical (unpaired) electrons. The van der Waals surface area contributed by atoms with E-state index in [1.807, 2.05) is 0 Å². The second-order valence-corrected chi connectivity index (χ2v) is 8.16. The standard InChI is InChI=1S/C22H30N2/c1-16-12-10-11-15-20(16)24-18(3)17(2)23(21(24)22(4,5)6)19-13-8-7-9-14-19/h7-15,17-18,21H,1-6H3/t17?,18-,21?/m0/s1. The van der Waals surface area contributed by atoms with E-state index in [0.29, 0.717) is 18.2 Å². The van der Waals surface area contributed by atoms with Crippen LogP contribution in [0.4, 0.5) is 11.4 Å². The van der Waals surface area contributed by atoms with Crippen LogP contribution in [0.3, 0.4) is 0 Å². The lowest BCUT2D eigenvalue weighted by molar-refractivity contribution is 0.317. The molecule has 24 heavy (non-hydrogen) atoms. The van der Waals surface area contributed by atoms with E-state index in [1.165, 1.54) is 16.9 Å². The highest BCUT2D eigenvalue weighted by Crippen LogP contribution is 2.43. The minimum absolute atomic E-state index is 0.136. The van der Waals surface area contributed by atoms with Crippen LogP contribution in [0, 0.1) is 12.3 Å². The summed E-state index contributed by atoms with van der Waals surface area (Å²) < 4.78 is 0. The summed E-state index contributed by atoms with van der Waals surface area (Å²) in [5, 5.41) is 0. The van der Waals surface area contributed by atoms with Crippen LogP contribution in [0.1, 0.15) is 40.2 Å². The van der Waals surface area contributed by atoms with Gasteiger partial charge in [0, 0.05) is 28.9 Å². The molecule has 2 nitrogen and oxygen atoms in total. The van der Waals surface area contributed by atoms with E-state index in [-0.39, 0.29) is 5.41 Å². The van der Waals surface area contributed by atoms with Crippen molar-refractivity contribution >= 4 is 11.4 Å². The Morgan fingerprint density at radius 2 is 1.29 bits per heavy atom. The lowest BCUT2D eigenvalue weighted by atomic mass is 9.90. The van der Waals surface area contributed by atoms with Gasteiger partial charge in [0.15, 0.2) is 0 Å². The van der Waals surface area contributed by atoms with Crippen molar-refractivity contribution in [3.63, 3.8) is 0 Å². The molecule has 0 aliphatic carbocycles. The number of aryl methyl sites for hydroxylation is 1. The van der Waals surface area contributed by atoms with E-state index in [9.17, 15) is 0 Å². The summed E-state index contributed by atoms with van der Waals surface area (Å²) in [5.74, 6) is 0. The summed E-state index contributed by atoms with van der Waals surface area (Å²) in [6, 6.07) is 20.5. The molecule has 3 atom stereocenters. The summed E-state index contributed by atoms with van der Waals surface area (Å²) in [7, 11) is 0. The van der Waals surface area contributed by atoms with Crippen LogP contribution in [0.15, 0.2) is 54.6 Å². The third-order valence-electron chi connectivity index (χ3n) is 5.33. The second kappa shape index (κ2) is 6.16. The van der Waals surface area contributed by atoms with Crippen molar-refractivity contribution in [3.8, 4) is 0 Å². The topological polar surface area (TPSA) is 6.48 Å². The third-order valence-corrected chi connectivity index (χ3v) is 5.33. The minimum Gasteiger partial charge on any atom is -0.346 e. The molecule has 1 fully saturated rings. The second-order valence-electron chi connectivity index (χ2n) is 8.16. The van der Waals surface area contributed by atoms with Gasteiger partial charge in [-0.3, -0.25) is 0 Å². The van der Waals surface area contributed by atoms with E-state index in [0.717, 1.165) is 0 Å². The van der Waals surface area contributed by atoms with Gasteiger partial charge in [0.2, 0.25) is 0 Å². The van der Waals surface area contributed by atoms with Crippen molar-refractivity contribution in [2.45, 2.75) is 59.8 Å². The van der Waals surface area contributed by atoms with Gasteiger partial charge in [-0.15, -0.1) is 0 Å².